The molecule has 2 rings (SSSR count). The molecule has 0 bridgehead atoms. The van der Waals surface area contributed by atoms with Gasteiger partial charge in [0.2, 0.25) is 5.75 Å². The number of hydrogen-bond donors (Lipinski definition) is 0. The Bertz CT molecular complexity index is 534. The minimum absolute atomic E-state index is 0.0563. The third kappa shape index (κ3) is 4.65. The van der Waals surface area contributed by atoms with Crippen LogP contribution in [-0.4, -0.2) is 33.4 Å². The SMILES string of the molecule is COc1cc(/C=C\C(=O)OC2CCCCC2)cc(OC)c1OC. The van der Waals surface area contributed by atoms with Crippen molar-refractivity contribution in [2.24, 2.45) is 0 Å². The second-order valence-electron chi connectivity index (χ2n) is 5.49. The summed E-state index contributed by atoms with van der Waals surface area (Å²) in [5, 5.41) is 0. The van der Waals surface area contributed by atoms with Crippen molar-refractivity contribution in [2.45, 2.75) is 38.2 Å². The van der Waals surface area contributed by atoms with Gasteiger partial charge in [-0.3, -0.25) is 0 Å². The fourth-order valence-corrected chi connectivity index (χ4v) is 2.75. The van der Waals surface area contributed by atoms with Gasteiger partial charge < -0.3 is 18.9 Å². The molecule has 5 nitrogen and oxygen atoms in total. The van der Waals surface area contributed by atoms with E-state index < -0.39 is 0 Å². The Labute approximate surface area is 137 Å². The van der Waals surface area contributed by atoms with E-state index in [0.29, 0.717) is 17.2 Å². The molecule has 0 heterocycles. The van der Waals surface area contributed by atoms with Crippen molar-refractivity contribution < 1.29 is 23.7 Å². The number of methoxy groups -OCH3 is 3. The Hall–Kier alpha value is -2.17. The predicted molar refractivity (Wildman–Crippen MR) is 88.1 cm³/mol. The molecule has 1 aliphatic carbocycles. The van der Waals surface area contributed by atoms with E-state index in [0.717, 1.165) is 31.2 Å². The minimum atomic E-state index is -0.314. The van der Waals surface area contributed by atoms with Crippen molar-refractivity contribution in [3.05, 3.63) is 23.8 Å². The van der Waals surface area contributed by atoms with E-state index >= 15 is 0 Å². The minimum Gasteiger partial charge on any atom is -0.493 e. The van der Waals surface area contributed by atoms with Crippen LogP contribution in [0.3, 0.4) is 0 Å². The van der Waals surface area contributed by atoms with Crippen LogP contribution in [0.25, 0.3) is 6.08 Å². The summed E-state index contributed by atoms with van der Waals surface area (Å²) in [6.45, 7) is 0. The smallest absolute Gasteiger partial charge is 0.331 e. The first-order valence-corrected chi connectivity index (χ1v) is 7.86. The maximum Gasteiger partial charge on any atom is 0.331 e. The van der Waals surface area contributed by atoms with Gasteiger partial charge in [-0.15, -0.1) is 0 Å². The highest BCUT2D eigenvalue weighted by molar-refractivity contribution is 5.87. The largest absolute Gasteiger partial charge is 0.493 e. The van der Waals surface area contributed by atoms with Crippen molar-refractivity contribution in [3.8, 4) is 17.2 Å². The van der Waals surface area contributed by atoms with Gasteiger partial charge in [0.1, 0.15) is 6.10 Å². The molecule has 0 N–H and O–H groups in total. The van der Waals surface area contributed by atoms with E-state index in [1.807, 2.05) is 0 Å². The number of rotatable bonds is 6. The third-order valence-electron chi connectivity index (χ3n) is 3.93. The van der Waals surface area contributed by atoms with Gasteiger partial charge in [-0.25, -0.2) is 4.79 Å². The number of carbonyl (C=O) groups is 1. The number of hydrogen-bond acceptors (Lipinski definition) is 5. The molecule has 5 heteroatoms. The van der Waals surface area contributed by atoms with E-state index in [1.54, 1.807) is 39.5 Å². The fraction of sp³-hybridized carbons (Fsp3) is 0.500. The Morgan fingerprint density at radius 1 is 1.00 bits per heavy atom. The molecule has 0 radical (unpaired) electrons. The summed E-state index contributed by atoms with van der Waals surface area (Å²) in [6, 6.07) is 3.57. The monoisotopic (exact) mass is 320 g/mol. The summed E-state index contributed by atoms with van der Waals surface area (Å²) < 4.78 is 21.3. The van der Waals surface area contributed by atoms with Crippen molar-refractivity contribution in [2.75, 3.05) is 21.3 Å². The first kappa shape index (κ1) is 17.2. The van der Waals surface area contributed by atoms with Crippen LogP contribution in [0.4, 0.5) is 0 Å². The predicted octanol–water partition coefficient (Wildman–Crippen LogP) is 3.60. The Balaban J connectivity index is 2.07. The Kier molecular flexibility index (Phi) is 6.32. The van der Waals surface area contributed by atoms with Gasteiger partial charge in [0.05, 0.1) is 21.3 Å². The van der Waals surface area contributed by atoms with Crippen molar-refractivity contribution in [1.29, 1.82) is 0 Å². The zero-order valence-electron chi connectivity index (χ0n) is 14.0. The molecular weight excluding hydrogens is 296 g/mol. The average Bonchev–Trinajstić information content (AvgIpc) is 2.59. The Morgan fingerprint density at radius 2 is 1.61 bits per heavy atom. The van der Waals surface area contributed by atoms with Gasteiger partial charge in [0.25, 0.3) is 0 Å². The topological polar surface area (TPSA) is 54.0 Å². The molecule has 0 atom stereocenters. The molecule has 0 unspecified atom stereocenters. The van der Waals surface area contributed by atoms with Crippen LogP contribution >= 0.6 is 0 Å². The molecule has 0 amide bonds. The third-order valence-corrected chi connectivity index (χ3v) is 3.93. The van der Waals surface area contributed by atoms with Gasteiger partial charge >= 0.3 is 5.97 Å². The maximum absolute atomic E-state index is 11.9. The van der Waals surface area contributed by atoms with E-state index in [-0.39, 0.29) is 12.1 Å². The van der Waals surface area contributed by atoms with E-state index in [1.165, 1.54) is 12.5 Å². The molecule has 126 valence electrons. The fourth-order valence-electron chi connectivity index (χ4n) is 2.75. The van der Waals surface area contributed by atoms with E-state index in [4.69, 9.17) is 18.9 Å². The van der Waals surface area contributed by atoms with Crippen LogP contribution in [-0.2, 0) is 9.53 Å². The summed E-state index contributed by atoms with van der Waals surface area (Å²) in [5.41, 5.74) is 0.778. The Morgan fingerprint density at radius 3 is 2.13 bits per heavy atom. The van der Waals surface area contributed by atoms with Crippen LogP contribution in [0.2, 0.25) is 0 Å². The molecule has 0 aliphatic heterocycles. The summed E-state index contributed by atoms with van der Waals surface area (Å²) in [5.74, 6) is 1.31. The zero-order chi connectivity index (χ0) is 16.7. The molecule has 1 aliphatic rings. The standard InChI is InChI=1S/C18H24O5/c1-20-15-11-13(12-16(21-2)18(15)22-3)9-10-17(19)23-14-7-5-4-6-8-14/h9-12,14H,4-8H2,1-3H3/b10-9-. The van der Waals surface area contributed by atoms with E-state index in [9.17, 15) is 4.79 Å². The number of ether oxygens (including phenoxy) is 4. The average molecular weight is 320 g/mol. The summed E-state index contributed by atoms with van der Waals surface area (Å²) in [4.78, 5) is 11.9. The van der Waals surface area contributed by atoms with Gasteiger partial charge in [-0.1, -0.05) is 6.42 Å². The highest BCUT2D eigenvalue weighted by atomic mass is 16.5. The molecule has 0 saturated heterocycles. The van der Waals surface area contributed by atoms with Gasteiger partial charge in [-0.2, -0.15) is 0 Å². The van der Waals surface area contributed by atoms with Gasteiger partial charge in [0.15, 0.2) is 11.5 Å². The summed E-state index contributed by atoms with van der Waals surface area (Å²) >= 11 is 0. The number of esters is 1. The molecular formula is C18H24O5. The van der Waals surface area contributed by atoms with Crippen LogP contribution < -0.4 is 14.2 Å². The van der Waals surface area contributed by atoms with Crippen LogP contribution in [0.15, 0.2) is 18.2 Å². The lowest BCUT2D eigenvalue weighted by molar-refractivity contribution is -0.144. The van der Waals surface area contributed by atoms with Crippen LogP contribution in [0.5, 0.6) is 17.2 Å². The molecule has 0 aromatic heterocycles. The van der Waals surface area contributed by atoms with E-state index in [2.05, 4.69) is 0 Å². The molecule has 1 saturated carbocycles. The second kappa shape index (κ2) is 8.46. The number of carbonyl (C=O) groups excluding carboxylic acids is 1. The first-order chi connectivity index (χ1) is 11.2. The summed E-state index contributed by atoms with van der Waals surface area (Å²) in [7, 11) is 4.67. The molecule has 23 heavy (non-hydrogen) atoms. The molecule has 1 fully saturated rings. The van der Waals surface area contributed by atoms with Crippen LogP contribution in [0, 0.1) is 0 Å². The lowest BCUT2D eigenvalue weighted by Crippen LogP contribution is -2.19. The van der Waals surface area contributed by atoms with Crippen LogP contribution in [0.1, 0.15) is 37.7 Å². The van der Waals surface area contributed by atoms with Crippen molar-refractivity contribution in [3.63, 3.8) is 0 Å². The number of benzene rings is 1. The normalized spacial score (nSPS) is 15.4. The zero-order valence-corrected chi connectivity index (χ0v) is 14.0. The first-order valence-electron chi connectivity index (χ1n) is 7.86. The molecule has 1 aromatic rings. The van der Waals surface area contributed by atoms with Crippen molar-refractivity contribution in [1.82, 2.24) is 0 Å². The second-order valence-corrected chi connectivity index (χ2v) is 5.49. The quantitative estimate of drug-likeness (QED) is 0.592. The van der Waals surface area contributed by atoms with Gasteiger partial charge in [-0.05, 0) is 49.5 Å². The van der Waals surface area contributed by atoms with Gasteiger partial charge in [0, 0.05) is 6.08 Å². The maximum atomic E-state index is 11.9. The highest BCUT2D eigenvalue weighted by Crippen LogP contribution is 2.38. The lowest BCUT2D eigenvalue weighted by Gasteiger charge is -2.20. The van der Waals surface area contributed by atoms with Crippen molar-refractivity contribution >= 4 is 12.0 Å². The molecule has 0 spiro atoms. The lowest BCUT2D eigenvalue weighted by atomic mass is 9.98. The summed E-state index contributed by atoms with van der Waals surface area (Å²) in [6.07, 6.45) is 8.61. The molecule has 1 aromatic carbocycles. The highest BCUT2D eigenvalue weighted by Gasteiger charge is 2.16.